The summed E-state index contributed by atoms with van der Waals surface area (Å²) in [6.07, 6.45) is -3.78. The monoisotopic (exact) mass is 433 g/mol. The van der Waals surface area contributed by atoms with Gasteiger partial charge in [0.05, 0.1) is 16.3 Å². The number of anilines is 2. The van der Waals surface area contributed by atoms with Crippen LogP contribution in [0.25, 0.3) is 0 Å². The molecule has 0 unspecified atom stereocenters. The van der Waals surface area contributed by atoms with E-state index < -0.39 is 17.6 Å². The molecule has 0 saturated heterocycles. The Bertz CT molecular complexity index is 1090. The van der Waals surface area contributed by atoms with E-state index in [0.29, 0.717) is 16.3 Å². The number of aryl methyl sites for hydroxylation is 2. The largest absolute Gasteiger partial charge is 0.416 e. The quantitative estimate of drug-likeness (QED) is 0.555. The van der Waals surface area contributed by atoms with Gasteiger partial charge in [-0.15, -0.1) is 11.3 Å². The summed E-state index contributed by atoms with van der Waals surface area (Å²) in [6, 6.07) is 10.5. The number of halogens is 3. The Balaban J connectivity index is 1.74. The van der Waals surface area contributed by atoms with Gasteiger partial charge in [-0.1, -0.05) is 19.1 Å². The zero-order chi connectivity index (χ0) is 21.9. The van der Waals surface area contributed by atoms with Crippen LogP contribution < -0.4 is 10.6 Å². The van der Waals surface area contributed by atoms with Gasteiger partial charge in [0.15, 0.2) is 0 Å². The molecule has 0 bridgehead atoms. The normalized spacial score (nSPS) is 11.2. The van der Waals surface area contributed by atoms with E-state index in [2.05, 4.69) is 15.6 Å². The number of aromatic nitrogens is 1. The van der Waals surface area contributed by atoms with Gasteiger partial charge < -0.3 is 10.6 Å². The van der Waals surface area contributed by atoms with E-state index in [9.17, 15) is 22.8 Å². The zero-order valence-electron chi connectivity index (χ0n) is 16.1. The molecule has 2 aromatic carbocycles. The minimum Gasteiger partial charge on any atom is -0.322 e. The van der Waals surface area contributed by atoms with Gasteiger partial charge in [-0.2, -0.15) is 13.2 Å². The first kappa shape index (κ1) is 21.5. The Hall–Kier alpha value is -3.20. The predicted octanol–water partition coefficient (Wildman–Crippen LogP) is 5.54. The number of alkyl halides is 3. The van der Waals surface area contributed by atoms with Crippen molar-refractivity contribution >= 4 is 34.5 Å². The van der Waals surface area contributed by atoms with Crippen LogP contribution in [-0.4, -0.2) is 16.8 Å². The molecule has 156 valence electrons. The molecule has 9 heteroatoms. The van der Waals surface area contributed by atoms with E-state index in [0.717, 1.165) is 23.6 Å². The third kappa shape index (κ3) is 5.04. The van der Waals surface area contributed by atoms with Crippen molar-refractivity contribution in [3.63, 3.8) is 0 Å². The number of thiazole rings is 1. The van der Waals surface area contributed by atoms with Crippen LogP contribution >= 0.6 is 11.3 Å². The average molecular weight is 433 g/mol. The van der Waals surface area contributed by atoms with Crippen LogP contribution in [-0.2, 0) is 12.6 Å². The molecule has 0 atom stereocenters. The molecule has 3 aromatic rings. The SMILES string of the molecule is CCc1nc(C)c(C(=O)Nc2cccc(C(=O)Nc3cccc(C(F)(F)F)c3)c2)s1. The summed E-state index contributed by atoms with van der Waals surface area (Å²) in [4.78, 5) is 29.8. The molecular formula is C21H18F3N3O2S. The van der Waals surface area contributed by atoms with Crippen molar-refractivity contribution in [2.75, 3.05) is 10.6 Å². The van der Waals surface area contributed by atoms with Gasteiger partial charge in [0.25, 0.3) is 11.8 Å². The second-order valence-corrected chi connectivity index (χ2v) is 7.53. The van der Waals surface area contributed by atoms with E-state index >= 15 is 0 Å². The number of nitrogens with one attached hydrogen (secondary N) is 2. The van der Waals surface area contributed by atoms with E-state index in [4.69, 9.17) is 0 Å². The smallest absolute Gasteiger partial charge is 0.322 e. The second-order valence-electron chi connectivity index (χ2n) is 6.44. The number of carbonyl (C=O) groups excluding carboxylic acids is 2. The summed E-state index contributed by atoms with van der Waals surface area (Å²) in [7, 11) is 0. The predicted molar refractivity (Wildman–Crippen MR) is 110 cm³/mol. The maximum absolute atomic E-state index is 12.8. The summed E-state index contributed by atoms with van der Waals surface area (Å²) in [5, 5.41) is 6.02. The van der Waals surface area contributed by atoms with Crippen molar-refractivity contribution in [3.8, 4) is 0 Å². The van der Waals surface area contributed by atoms with Gasteiger partial charge in [-0.05, 0) is 49.7 Å². The number of benzene rings is 2. The van der Waals surface area contributed by atoms with Crippen LogP contribution in [0.2, 0.25) is 0 Å². The Morgan fingerprint density at radius 2 is 1.63 bits per heavy atom. The minimum absolute atomic E-state index is 0.0247. The molecule has 0 spiro atoms. The lowest BCUT2D eigenvalue weighted by Gasteiger charge is -2.11. The second kappa shape index (κ2) is 8.66. The van der Waals surface area contributed by atoms with Gasteiger partial charge in [0, 0.05) is 16.9 Å². The highest BCUT2D eigenvalue weighted by Gasteiger charge is 2.30. The number of nitrogens with zero attached hydrogens (tertiary/aromatic N) is 1. The Labute approximate surface area is 175 Å². The van der Waals surface area contributed by atoms with Gasteiger partial charge in [0.2, 0.25) is 0 Å². The topological polar surface area (TPSA) is 71.1 Å². The van der Waals surface area contributed by atoms with Crippen LogP contribution in [0.3, 0.4) is 0 Å². The molecule has 2 amide bonds. The third-order valence-corrected chi connectivity index (χ3v) is 5.48. The summed E-state index contributed by atoms with van der Waals surface area (Å²) >= 11 is 1.31. The molecule has 0 fully saturated rings. The molecule has 30 heavy (non-hydrogen) atoms. The average Bonchev–Trinajstić information content (AvgIpc) is 3.09. The fourth-order valence-electron chi connectivity index (χ4n) is 2.72. The van der Waals surface area contributed by atoms with Crippen LogP contribution in [0.15, 0.2) is 48.5 Å². The van der Waals surface area contributed by atoms with E-state index in [1.165, 1.54) is 35.6 Å². The number of amides is 2. The molecule has 5 nitrogen and oxygen atoms in total. The highest BCUT2D eigenvalue weighted by molar-refractivity contribution is 7.13. The van der Waals surface area contributed by atoms with Crippen LogP contribution in [0.5, 0.6) is 0 Å². The van der Waals surface area contributed by atoms with Crippen molar-refractivity contribution in [1.29, 1.82) is 0 Å². The van der Waals surface area contributed by atoms with Gasteiger partial charge in [-0.3, -0.25) is 9.59 Å². The fourth-order valence-corrected chi connectivity index (χ4v) is 3.62. The summed E-state index contributed by atoms with van der Waals surface area (Å²) < 4.78 is 38.5. The number of carbonyl (C=O) groups is 2. The molecule has 3 rings (SSSR count). The molecule has 0 aliphatic rings. The van der Waals surface area contributed by atoms with Gasteiger partial charge >= 0.3 is 6.18 Å². The summed E-state index contributed by atoms with van der Waals surface area (Å²) in [5.41, 5.74) is 0.389. The molecule has 0 saturated carbocycles. The third-order valence-electron chi connectivity index (χ3n) is 4.18. The first-order chi connectivity index (χ1) is 14.2. The lowest BCUT2D eigenvalue weighted by atomic mass is 10.1. The standard InChI is InChI=1S/C21H18F3N3O2S/c1-3-17-25-12(2)18(30-17)20(29)27-15-8-4-6-13(10-15)19(28)26-16-9-5-7-14(11-16)21(22,23)24/h4-11H,3H2,1-2H3,(H,26,28)(H,27,29). The Kier molecular flexibility index (Phi) is 6.21. The fraction of sp³-hybridized carbons (Fsp3) is 0.190. The van der Waals surface area contributed by atoms with Crippen molar-refractivity contribution in [1.82, 2.24) is 4.98 Å². The first-order valence-corrected chi connectivity index (χ1v) is 9.85. The Morgan fingerprint density at radius 1 is 1.00 bits per heavy atom. The highest BCUT2D eigenvalue weighted by atomic mass is 32.1. The molecule has 2 N–H and O–H groups in total. The van der Waals surface area contributed by atoms with E-state index in [1.807, 2.05) is 6.92 Å². The van der Waals surface area contributed by atoms with Crippen LogP contribution in [0.1, 0.15) is 43.2 Å². The van der Waals surface area contributed by atoms with Crippen molar-refractivity contribution in [2.24, 2.45) is 0 Å². The van der Waals surface area contributed by atoms with Crippen LogP contribution in [0, 0.1) is 6.92 Å². The molecule has 1 heterocycles. The van der Waals surface area contributed by atoms with Gasteiger partial charge in [-0.25, -0.2) is 4.98 Å². The van der Waals surface area contributed by atoms with Crippen molar-refractivity contribution < 1.29 is 22.8 Å². The number of hydrogen-bond acceptors (Lipinski definition) is 4. The number of hydrogen-bond donors (Lipinski definition) is 2. The van der Waals surface area contributed by atoms with Crippen LogP contribution in [0.4, 0.5) is 24.5 Å². The highest BCUT2D eigenvalue weighted by Crippen LogP contribution is 2.30. The van der Waals surface area contributed by atoms with Gasteiger partial charge in [0.1, 0.15) is 4.88 Å². The molecule has 0 radical (unpaired) electrons. The molecule has 0 aliphatic heterocycles. The molecular weight excluding hydrogens is 415 g/mol. The first-order valence-electron chi connectivity index (χ1n) is 9.03. The van der Waals surface area contributed by atoms with Crippen molar-refractivity contribution in [3.05, 3.63) is 75.2 Å². The number of rotatable bonds is 5. The Morgan fingerprint density at radius 3 is 2.27 bits per heavy atom. The summed E-state index contributed by atoms with van der Waals surface area (Å²) in [5.74, 6) is -0.923. The molecule has 1 aromatic heterocycles. The maximum Gasteiger partial charge on any atom is 0.416 e. The van der Waals surface area contributed by atoms with Crippen molar-refractivity contribution in [2.45, 2.75) is 26.4 Å². The van der Waals surface area contributed by atoms with E-state index in [-0.39, 0.29) is 17.2 Å². The van der Waals surface area contributed by atoms with E-state index in [1.54, 1.807) is 19.1 Å². The lowest BCUT2D eigenvalue weighted by Crippen LogP contribution is -2.15. The molecule has 0 aliphatic carbocycles. The maximum atomic E-state index is 12.8. The summed E-state index contributed by atoms with van der Waals surface area (Å²) in [6.45, 7) is 3.70. The minimum atomic E-state index is -4.50. The zero-order valence-corrected chi connectivity index (χ0v) is 16.9. The lowest BCUT2D eigenvalue weighted by molar-refractivity contribution is -0.137.